The first-order chi connectivity index (χ1) is 5.42. The van der Waals surface area contributed by atoms with Crippen LogP contribution in [0, 0.1) is 0 Å². The molecule has 1 aliphatic heterocycles. The van der Waals surface area contributed by atoms with E-state index in [9.17, 15) is 0 Å². The summed E-state index contributed by atoms with van der Waals surface area (Å²) in [7, 11) is 0.448. The molecule has 1 heteroatoms. The highest BCUT2D eigenvalue weighted by molar-refractivity contribution is 8.19. The van der Waals surface area contributed by atoms with Crippen LogP contribution in [0.3, 0.4) is 0 Å². The second kappa shape index (κ2) is 2.82. The number of rotatable bonds is 2. The van der Waals surface area contributed by atoms with E-state index in [4.69, 9.17) is 0 Å². The van der Waals surface area contributed by atoms with E-state index in [1.165, 1.54) is 17.7 Å². The second-order valence-electron chi connectivity index (χ2n) is 2.78. The van der Waals surface area contributed by atoms with Crippen molar-refractivity contribution in [1.82, 2.24) is 0 Å². The molecule has 0 aromatic carbocycles. The first kappa shape index (κ1) is 7.11. The van der Waals surface area contributed by atoms with Gasteiger partial charge in [0.1, 0.15) is 0 Å². The lowest BCUT2D eigenvalue weighted by atomic mass is 10.3. The predicted octanol–water partition coefficient (Wildman–Crippen LogP) is 2.86. The molecule has 1 atom stereocenters. The fourth-order valence-corrected chi connectivity index (χ4v) is 3.37. The summed E-state index contributed by atoms with van der Waals surface area (Å²) in [5.74, 6) is 1.33. The van der Waals surface area contributed by atoms with Crippen LogP contribution in [-0.4, -0.2) is 11.1 Å². The molecular weight excluding hydrogens is 152 g/mol. The molecule has 0 amide bonds. The molecule has 58 valence electrons. The smallest absolute Gasteiger partial charge is 0.00895 e. The largest absolute Gasteiger partial charge is 0.154 e. The number of fused-ring (bicyclic) bond motifs is 1. The van der Waals surface area contributed by atoms with Gasteiger partial charge in [-0.3, -0.25) is 0 Å². The number of hydrogen-bond acceptors (Lipinski definition) is 0. The van der Waals surface area contributed by atoms with Crippen LogP contribution >= 0.6 is 10.5 Å². The highest BCUT2D eigenvalue weighted by Gasteiger charge is 2.13. The summed E-state index contributed by atoms with van der Waals surface area (Å²) in [6.45, 7) is 2.25. The standard InChI is InChI=1S/C10H12S/c1-2-7-11-8-6-9-4-3-5-10(9)11/h3-6,8H,2,7H2,1H3. The molecule has 2 aliphatic rings. The van der Waals surface area contributed by atoms with Gasteiger partial charge in [0.05, 0.1) is 0 Å². The third kappa shape index (κ3) is 1.14. The van der Waals surface area contributed by atoms with Gasteiger partial charge in [0.2, 0.25) is 0 Å². The van der Waals surface area contributed by atoms with Gasteiger partial charge in [-0.2, -0.15) is 10.5 Å². The Labute approximate surface area is 70.2 Å². The maximum absolute atomic E-state index is 2.36. The molecule has 0 spiro atoms. The Bertz CT molecular complexity index is 290. The van der Waals surface area contributed by atoms with Crippen molar-refractivity contribution in [3.8, 4) is 0 Å². The van der Waals surface area contributed by atoms with Gasteiger partial charge < -0.3 is 0 Å². The van der Waals surface area contributed by atoms with Gasteiger partial charge in [-0.15, -0.1) is 0 Å². The number of allylic oxidation sites excluding steroid dienone is 5. The Morgan fingerprint density at radius 3 is 3.09 bits per heavy atom. The lowest BCUT2D eigenvalue weighted by Crippen LogP contribution is -1.80. The van der Waals surface area contributed by atoms with Crippen LogP contribution in [0.15, 0.2) is 34.8 Å². The molecule has 0 nitrogen and oxygen atoms in total. The summed E-state index contributed by atoms with van der Waals surface area (Å²) in [6, 6.07) is 0. The van der Waals surface area contributed by atoms with Gasteiger partial charge in [-0.1, -0.05) is 19.1 Å². The molecule has 0 aromatic rings. The van der Waals surface area contributed by atoms with E-state index < -0.39 is 0 Å². The minimum absolute atomic E-state index is 0.448. The van der Waals surface area contributed by atoms with Crippen molar-refractivity contribution in [2.75, 3.05) is 5.75 Å². The maximum Gasteiger partial charge on any atom is 0.00895 e. The van der Waals surface area contributed by atoms with Crippen LogP contribution < -0.4 is 0 Å². The number of hydrogen-bond donors (Lipinski definition) is 0. The Kier molecular flexibility index (Phi) is 1.82. The van der Waals surface area contributed by atoms with Gasteiger partial charge in [0.25, 0.3) is 0 Å². The third-order valence-corrected chi connectivity index (χ3v) is 4.18. The van der Waals surface area contributed by atoms with Gasteiger partial charge in [-0.05, 0) is 35.3 Å². The maximum atomic E-state index is 2.36. The van der Waals surface area contributed by atoms with Crippen LogP contribution in [0.4, 0.5) is 0 Å². The predicted molar refractivity (Wildman–Crippen MR) is 54.1 cm³/mol. The molecule has 11 heavy (non-hydrogen) atoms. The molecule has 2 rings (SSSR count). The fourth-order valence-electron chi connectivity index (χ4n) is 1.42. The topological polar surface area (TPSA) is 0 Å². The molecule has 0 N–H and O–H groups in total. The molecule has 0 bridgehead atoms. The van der Waals surface area contributed by atoms with E-state index in [1.807, 2.05) is 0 Å². The average Bonchev–Trinajstić information content (AvgIpc) is 2.53. The quantitative estimate of drug-likeness (QED) is 0.550. The van der Waals surface area contributed by atoms with Gasteiger partial charge in [0.15, 0.2) is 0 Å². The molecule has 0 saturated heterocycles. The zero-order valence-corrected chi connectivity index (χ0v) is 7.53. The summed E-state index contributed by atoms with van der Waals surface area (Å²) in [5.41, 5.74) is 1.45. The zero-order chi connectivity index (χ0) is 7.68. The van der Waals surface area contributed by atoms with Crippen LogP contribution in [0.1, 0.15) is 13.3 Å². The van der Waals surface area contributed by atoms with E-state index in [1.54, 1.807) is 4.91 Å². The van der Waals surface area contributed by atoms with E-state index >= 15 is 0 Å². The zero-order valence-electron chi connectivity index (χ0n) is 6.71. The van der Waals surface area contributed by atoms with Crippen LogP contribution in [0.2, 0.25) is 0 Å². The van der Waals surface area contributed by atoms with Crippen molar-refractivity contribution in [1.29, 1.82) is 0 Å². The lowest BCUT2D eigenvalue weighted by molar-refractivity contribution is 1.11. The van der Waals surface area contributed by atoms with Crippen molar-refractivity contribution >= 4 is 15.9 Å². The van der Waals surface area contributed by atoms with Crippen LogP contribution in [-0.2, 0) is 0 Å². The van der Waals surface area contributed by atoms with E-state index in [0.717, 1.165) is 0 Å². The highest BCUT2D eigenvalue weighted by Crippen LogP contribution is 2.39. The minimum Gasteiger partial charge on any atom is -0.154 e. The van der Waals surface area contributed by atoms with Crippen molar-refractivity contribution in [2.24, 2.45) is 0 Å². The highest BCUT2D eigenvalue weighted by atomic mass is 32.2. The summed E-state index contributed by atoms with van der Waals surface area (Å²) >= 11 is 0. The lowest BCUT2D eigenvalue weighted by Gasteiger charge is -2.03. The van der Waals surface area contributed by atoms with Gasteiger partial charge >= 0.3 is 0 Å². The summed E-state index contributed by atoms with van der Waals surface area (Å²) in [6.07, 6.45) is 10.2. The summed E-state index contributed by atoms with van der Waals surface area (Å²) in [4.78, 5) is 1.56. The van der Waals surface area contributed by atoms with Crippen molar-refractivity contribution in [3.63, 3.8) is 0 Å². The van der Waals surface area contributed by atoms with Gasteiger partial charge in [-0.25, -0.2) is 0 Å². The molecule has 0 radical (unpaired) electrons. The molecule has 0 aromatic heterocycles. The van der Waals surface area contributed by atoms with Crippen molar-refractivity contribution < 1.29 is 0 Å². The Hall–Kier alpha value is -0.560. The first-order valence-electron chi connectivity index (χ1n) is 4.05. The third-order valence-electron chi connectivity index (χ3n) is 1.93. The summed E-state index contributed by atoms with van der Waals surface area (Å²) in [5, 5.41) is 2.36. The molecule has 1 unspecified atom stereocenters. The van der Waals surface area contributed by atoms with Crippen molar-refractivity contribution in [3.05, 3.63) is 34.8 Å². The van der Waals surface area contributed by atoms with Crippen LogP contribution in [0.5, 0.6) is 0 Å². The monoisotopic (exact) mass is 164 g/mol. The Balaban J connectivity index is 2.20. The Morgan fingerprint density at radius 2 is 2.27 bits per heavy atom. The molecule has 1 aliphatic carbocycles. The second-order valence-corrected chi connectivity index (χ2v) is 4.76. The Morgan fingerprint density at radius 1 is 1.36 bits per heavy atom. The minimum atomic E-state index is 0.448. The van der Waals surface area contributed by atoms with E-state index in [-0.39, 0.29) is 0 Å². The molecular formula is C10H12S. The molecule has 0 saturated carbocycles. The SMILES string of the molecule is CCCS1=CC=C2C=CC=C21. The van der Waals surface area contributed by atoms with E-state index in [2.05, 4.69) is 36.6 Å². The van der Waals surface area contributed by atoms with Crippen molar-refractivity contribution in [2.45, 2.75) is 13.3 Å². The average molecular weight is 164 g/mol. The molecule has 1 heterocycles. The van der Waals surface area contributed by atoms with Gasteiger partial charge in [0, 0.05) is 4.91 Å². The van der Waals surface area contributed by atoms with E-state index in [0.29, 0.717) is 10.5 Å². The fraction of sp³-hybridized carbons (Fsp3) is 0.300. The first-order valence-corrected chi connectivity index (χ1v) is 5.51. The normalized spacial score (nSPS) is 26.1. The summed E-state index contributed by atoms with van der Waals surface area (Å²) < 4.78 is 0. The molecule has 0 fully saturated rings. The van der Waals surface area contributed by atoms with Crippen LogP contribution in [0.25, 0.3) is 0 Å².